The molecule has 0 aromatic heterocycles. The van der Waals surface area contributed by atoms with Crippen molar-refractivity contribution in [2.24, 2.45) is 0 Å². The predicted octanol–water partition coefficient (Wildman–Crippen LogP) is 2.31. The van der Waals surface area contributed by atoms with Crippen LogP contribution in [-0.4, -0.2) is 86.4 Å². The summed E-state index contributed by atoms with van der Waals surface area (Å²) in [7, 11) is 12.4. The molecule has 2 aromatic carbocycles. The van der Waals surface area contributed by atoms with E-state index in [4.69, 9.17) is 0 Å². The molecule has 0 bridgehead atoms. The Morgan fingerprint density at radius 1 is 0.667 bits per heavy atom. The molecule has 2 rings (SSSR count). The van der Waals surface area contributed by atoms with Crippen LogP contribution in [0.3, 0.4) is 0 Å². The molecule has 0 atom stereocenters. The number of amides is 2. The van der Waals surface area contributed by atoms with Gasteiger partial charge in [0.2, 0.25) is 11.8 Å². The number of nitrogens with one attached hydrogen (secondary N) is 2. The van der Waals surface area contributed by atoms with Gasteiger partial charge in [-0.1, -0.05) is 12.1 Å². The molecule has 36 heavy (non-hydrogen) atoms. The number of nitrogens with zero attached hydrogens (tertiary/aromatic N) is 2. The van der Waals surface area contributed by atoms with Crippen molar-refractivity contribution in [2.45, 2.75) is 38.8 Å². The van der Waals surface area contributed by atoms with E-state index in [1.165, 1.54) is 0 Å². The van der Waals surface area contributed by atoms with Crippen LogP contribution in [-0.2, 0) is 35.5 Å². The summed E-state index contributed by atoms with van der Waals surface area (Å²) in [6, 6.07) is 11.0. The number of aromatic hydroxyl groups is 2. The highest BCUT2D eigenvalue weighted by molar-refractivity contribution is 5.77. The second-order valence-electron chi connectivity index (χ2n) is 11.5. The third-order valence-corrected chi connectivity index (χ3v) is 5.63. The highest BCUT2D eigenvalue weighted by Gasteiger charge is 2.15. The predicted molar refractivity (Wildman–Crippen MR) is 142 cm³/mol. The van der Waals surface area contributed by atoms with Crippen molar-refractivity contribution in [1.29, 1.82) is 0 Å². The van der Waals surface area contributed by atoms with Crippen molar-refractivity contribution in [2.75, 3.05) is 55.4 Å². The number of phenolic OH excluding ortho intramolecular Hbond substituents is 2. The van der Waals surface area contributed by atoms with Crippen LogP contribution in [0.25, 0.3) is 0 Å². The lowest BCUT2D eigenvalue weighted by Crippen LogP contribution is -2.35. The first kappa shape index (κ1) is 29.1. The third kappa shape index (κ3) is 11.1. The molecule has 0 aliphatic heterocycles. The third-order valence-electron chi connectivity index (χ3n) is 5.63. The van der Waals surface area contributed by atoms with Crippen LogP contribution < -0.4 is 10.6 Å². The number of benzene rings is 2. The molecule has 0 spiro atoms. The summed E-state index contributed by atoms with van der Waals surface area (Å²) in [4.78, 5) is 24.4. The summed E-state index contributed by atoms with van der Waals surface area (Å²) in [6.45, 7) is 2.16. The average Bonchev–Trinajstić information content (AvgIpc) is 2.76. The molecule has 198 valence electrons. The quantitative estimate of drug-likeness (QED) is 0.251. The van der Waals surface area contributed by atoms with E-state index in [0.29, 0.717) is 60.8 Å². The Morgan fingerprint density at radius 2 is 1.03 bits per heavy atom. The molecular weight excluding hydrogens is 456 g/mol. The molecule has 0 saturated carbocycles. The van der Waals surface area contributed by atoms with Crippen molar-refractivity contribution in [3.63, 3.8) is 0 Å². The number of rotatable bonds is 13. The Kier molecular flexibility index (Phi) is 10.3. The summed E-state index contributed by atoms with van der Waals surface area (Å²) in [5, 5.41) is 25.9. The van der Waals surface area contributed by atoms with Gasteiger partial charge in [0.15, 0.2) is 0 Å². The molecule has 0 unspecified atom stereocenters. The van der Waals surface area contributed by atoms with Gasteiger partial charge < -0.3 is 29.8 Å². The molecule has 2 amide bonds. The Labute approximate surface area is 215 Å². The van der Waals surface area contributed by atoms with Crippen molar-refractivity contribution < 1.29 is 28.8 Å². The van der Waals surface area contributed by atoms with Crippen molar-refractivity contribution >= 4 is 11.8 Å². The molecular formula is C28H44N4O4+2. The highest BCUT2D eigenvalue weighted by Crippen LogP contribution is 2.23. The molecule has 2 aromatic rings. The zero-order valence-electron chi connectivity index (χ0n) is 22.7. The van der Waals surface area contributed by atoms with Gasteiger partial charge in [0.1, 0.15) is 24.6 Å². The van der Waals surface area contributed by atoms with Crippen molar-refractivity contribution in [3.8, 4) is 11.5 Å². The fraction of sp³-hybridized carbons (Fsp3) is 0.500. The molecule has 0 radical (unpaired) electrons. The SMILES string of the molecule is C[N+](C)(C)Cc1cc(CCC(=O)NCCNC(=O)CCc2ccc(O)c(C[N+](C)(C)C)c2)ccc1O. The van der Waals surface area contributed by atoms with Crippen LogP contribution >= 0.6 is 0 Å². The highest BCUT2D eigenvalue weighted by atomic mass is 16.3. The van der Waals surface area contributed by atoms with E-state index >= 15 is 0 Å². The number of hydrogen-bond acceptors (Lipinski definition) is 4. The lowest BCUT2D eigenvalue weighted by molar-refractivity contribution is -0.884. The number of carbonyl (C=O) groups excluding carboxylic acids is 2. The van der Waals surface area contributed by atoms with Gasteiger partial charge in [-0.3, -0.25) is 9.59 Å². The van der Waals surface area contributed by atoms with Gasteiger partial charge >= 0.3 is 0 Å². The zero-order valence-corrected chi connectivity index (χ0v) is 22.7. The fourth-order valence-electron chi connectivity index (χ4n) is 3.96. The minimum atomic E-state index is -0.0700. The summed E-state index contributed by atoms with van der Waals surface area (Å²) >= 11 is 0. The van der Waals surface area contributed by atoms with Gasteiger partial charge in [0, 0.05) is 37.1 Å². The van der Waals surface area contributed by atoms with E-state index in [-0.39, 0.29) is 23.3 Å². The molecule has 4 N–H and O–H groups in total. The van der Waals surface area contributed by atoms with Gasteiger partial charge in [-0.15, -0.1) is 0 Å². The largest absolute Gasteiger partial charge is 0.507 e. The topological polar surface area (TPSA) is 98.7 Å². The molecule has 8 nitrogen and oxygen atoms in total. The minimum absolute atomic E-state index is 0.0700. The van der Waals surface area contributed by atoms with Crippen LogP contribution in [0, 0.1) is 0 Å². The van der Waals surface area contributed by atoms with Crippen LogP contribution in [0.1, 0.15) is 35.1 Å². The van der Waals surface area contributed by atoms with E-state index in [2.05, 4.69) is 52.9 Å². The van der Waals surface area contributed by atoms with Crippen molar-refractivity contribution in [3.05, 3.63) is 58.7 Å². The summed E-state index contributed by atoms with van der Waals surface area (Å²) in [5.41, 5.74) is 3.78. The lowest BCUT2D eigenvalue weighted by Gasteiger charge is -2.24. The summed E-state index contributed by atoms with van der Waals surface area (Å²) < 4.78 is 1.41. The summed E-state index contributed by atoms with van der Waals surface area (Å²) in [6.07, 6.45) is 1.87. The van der Waals surface area contributed by atoms with Crippen LogP contribution in [0.4, 0.5) is 0 Å². The zero-order chi connectivity index (χ0) is 26.9. The summed E-state index contributed by atoms with van der Waals surface area (Å²) in [5.74, 6) is 0.419. The van der Waals surface area contributed by atoms with Crippen molar-refractivity contribution in [1.82, 2.24) is 10.6 Å². The van der Waals surface area contributed by atoms with E-state index in [0.717, 1.165) is 22.3 Å². The average molecular weight is 501 g/mol. The number of hydrogen-bond donors (Lipinski definition) is 4. The standard InChI is InChI=1S/C28H42N4O4/c1-31(2,3)19-23-17-21(7-11-25(23)33)9-13-27(35)29-15-16-30-28(36)14-10-22-8-12-26(34)24(18-22)20-32(4,5)6/h7-8,11-12,17-18H,9-10,13-16,19-20H2,1-6H3,(H2-2,29,30,33,34,35,36)/p+2. The first-order valence-electron chi connectivity index (χ1n) is 12.5. The van der Waals surface area contributed by atoms with Gasteiger partial charge in [-0.25, -0.2) is 0 Å². The first-order chi connectivity index (χ1) is 16.7. The lowest BCUT2D eigenvalue weighted by atomic mass is 10.0. The van der Waals surface area contributed by atoms with Crippen LogP contribution in [0.5, 0.6) is 11.5 Å². The molecule has 0 aliphatic carbocycles. The molecule has 0 fully saturated rings. The molecule has 8 heteroatoms. The van der Waals surface area contributed by atoms with Crippen LogP contribution in [0.2, 0.25) is 0 Å². The second-order valence-corrected chi connectivity index (χ2v) is 11.5. The van der Waals surface area contributed by atoms with E-state index in [1.54, 1.807) is 12.1 Å². The second kappa shape index (κ2) is 12.7. The van der Waals surface area contributed by atoms with Gasteiger partial charge in [-0.2, -0.15) is 0 Å². The number of phenols is 2. The van der Waals surface area contributed by atoms with Gasteiger partial charge in [0.05, 0.1) is 42.3 Å². The first-order valence-corrected chi connectivity index (χ1v) is 12.5. The van der Waals surface area contributed by atoms with E-state index < -0.39 is 0 Å². The van der Waals surface area contributed by atoms with Gasteiger partial charge in [-0.05, 0) is 48.2 Å². The number of carbonyl (C=O) groups is 2. The van der Waals surface area contributed by atoms with Gasteiger partial charge in [0.25, 0.3) is 0 Å². The maximum absolute atomic E-state index is 12.2. The molecule has 0 saturated heterocycles. The Morgan fingerprint density at radius 3 is 1.36 bits per heavy atom. The maximum atomic E-state index is 12.2. The molecule has 0 heterocycles. The Balaban J connectivity index is 1.69. The normalized spacial score (nSPS) is 11.8. The van der Waals surface area contributed by atoms with E-state index in [1.807, 2.05) is 24.3 Å². The number of quaternary nitrogens is 2. The van der Waals surface area contributed by atoms with E-state index in [9.17, 15) is 19.8 Å². The monoisotopic (exact) mass is 500 g/mol. The Hall–Kier alpha value is -3.10. The number of aryl methyl sites for hydroxylation is 2. The Bertz CT molecular complexity index is 955. The minimum Gasteiger partial charge on any atom is -0.507 e. The van der Waals surface area contributed by atoms with Crippen LogP contribution in [0.15, 0.2) is 36.4 Å². The smallest absolute Gasteiger partial charge is 0.220 e. The fourth-order valence-corrected chi connectivity index (χ4v) is 3.96. The maximum Gasteiger partial charge on any atom is 0.220 e. The molecule has 0 aliphatic rings.